The second kappa shape index (κ2) is 6.88. The first-order valence-corrected chi connectivity index (χ1v) is 8.75. The molecule has 8 heteroatoms. The topological polar surface area (TPSA) is 101 Å². The fourth-order valence-electron chi connectivity index (χ4n) is 2.44. The lowest BCUT2D eigenvalue weighted by Gasteiger charge is -2.05. The molecule has 0 aliphatic rings. The molecule has 0 atom stereocenters. The van der Waals surface area contributed by atoms with E-state index in [4.69, 9.17) is 5.11 Å². The van der Waals surface area contributed by atoms with Gasteiger partial charge in [0.2, 0.25) is 0 Å². The largest absolute Gasteiger partial charge is 0.480 e. The van der Waals surface area contributed by atoms with Gasteiger partial charge in [-0.25, -0.2) is 9.67 Å². The van der Waals surface area contributed by atoms with Crippen LogP contribution in [-0.4, -0.2) is 42.8 Å². The summed E-state index contributed by atoms with van der Waals surface area (Å²) >= 11 is 1.66. The highest BCUT2D eigenvalue weighted by Gasteiger charge is 2.16. The number of aryl methyl sites for hydroxylation is 1. The van der Waals surface area contributed by atoms with Crippen molar-refractivity contribution in [1.82, 2.24) is 19.7 Å². The summed E-state index contributed by atoms with van der Waals surface area (Å²) in [6, 6.07) is 8.60. The SMILES string of the molecule is CSCCc1nc(-c2cc(=O)c3ccccc3[nH]2)n(CC(=O)O)n1. The quantitative estimate of drug-likeness (QED) is 0.707. The number of aliphatic carboxylic acids is 1. The number of thioether (sulfide) groups is 1. The Balaban J connectivity index is 2.11. The lowest BCUT2D eigenvalue weighted by Crippen LogP contribution is -2.13. The molecular weight excluding hydrogens is 328 g/mol. The molecule has 0 saturated heterocycles. The molecule has 0 fully saturated rings. The van der Waals surface area contributed by atoms with Crippen molar-refractivity contribution in [3.8, 4) is 11.5 Å². The maximum absolute atomic E-state index is 12.3. The molecule has 0 saturated carbocycles. The van der Waals surface area contributed by atoms with Gasteiger partial charge >= 0.3 is 5.97 Å². The number of hydrogen-bond donors (Lipinski definition) is 2. The van der Waals surface area contributed by atoms with Gasteiger partial charge in [0.05, 0.1) is 5.69 Å². The summed E-state index contributed by atoms with van der Waals surface area (Å²) in [6.45, 7) is -0.309. The minimum atomic E-state index is -1.01. The maximum atomic E-state index is 12.3. The number of nitrogens with zero attached hydrogens (tertiary/aromatic N) is 3. The minimum absolute atomic E-state index is 0.144. The van der Waals surface area contributed by atoms with Crippen LogP contribution in [0.25, 0.3) is 22.4 Å². The lowest BCUT2D eigenvalue weighted by atomic mass is 10.2. The first-order chi connectivity index (χ1) is 11.6. The zero-order valence-electron chi connectivity index (χ0n) is 13.0. The van der Waals surface area contributed by atoms with Crippen molar-refractivity contribution >= 4 is 28.6 Å². The van der Waals surface area contributed by atoms with E-state index in [0.29, 0.717) is 34.7 Å². The summed E-state index contributed by atoms with van der Waals surface area (Å²) in [7, 11) is 0. The number of H-pyrrole nitrogens is 1. The number of carbonyl (C=O) groups is 1. The van der Waals surface area contributed by atoms with Gasteiger partial charge in [-0.1, -0.05) is 12.1 Å². The number of nitrogens with one attached hydrogen (secondary N) is 1. The Bertz CT molecular complexity index is 948. The molecule has 24 heavy (non-hydrogen) atoms. The number of pyridine rings is 1. The van der Waals surface area contributed by atoms with Crippen LogP contribution in [0.2, 0.25) is 0 Å². The molecule has 0 aliphatic heterocycles. The monoisotopic (exact) mass is 344 g/mol. The second-order valence-electron chi connectivity index (χ2n) is 5.24. The first-order valence-electron chi connectivity index (χ1n) is 7.35. The number of fused-ring (bicyclic) bond motifs is 1. The maximum Gasteiger partial charge on any atom is 0.325 e. The molecule has 2 aromatic heterocycles. The van der Waals surface area contributed by atoms with Crippen LogP contribution in [-0.2, 0) is 17.8 Å². The van der Waals surface area contributed by atoms with Crippen LogP contribution in [0.5, 0.6) is 0 Å². The van der Waals surface area contributed by atoms with E-state index in [-0.39, 0.29) is 12.0 Å². The Morgan fingerprint density at radius 2 is 2.17 bits per heavy atom. The normalized spacial score (nSPS) is 11.0. The van der Waals surface area contributed by atoms with Crippen LogP contribution in [0.15, 0.2) is 35.1 Å². The van der Waals surface area contributed by atoms with Crippen LogP contribution in [0.3, 0.4) is 0 Å². The molecule has 3 aromatic rings. The molecule has 0 unspecified atom stereocenters. The van der Waals surface area contributed by atoms with Gasteiger partial charge in [0.15, 0.2) is 17.1 Å². The highest BCUT2D eigenvalue weighted by atomic mass is 32.2. The predicted octanol–water partition coefficient (Wildman–Crippen LogP) is 1.78. The number of rotatable bonds is 6. The number of para-hydroxylation sites is 1. The molecule has 7 nitrogen and oxygen atoms in total. The summed E-state index contributed by atoms with van der Waals surface area (Å²) < 4.78 is 1.32. The van der Waals surface area contributed by atoms with Crippen molar-refractivity contribution in [2.75, 3.05) is 12.0 Å². The van der Waals surface area contributed by atoms with Gasteiger partial charge in [-0.05, 0) is 18.4 Å². The van der Waals surface area contributed by atoms with Crippen LogP contribution in [0.1, 0.15) is 5.82 Å². The number of aromatic nitrogens is 4. The van der Waals surface area contributed by atoms with E-state index in [1.165, 1.54) is 10.7 Å². The standard InChI is InChI=1S/C16H16N4O3S/c1-24-7-6-14-18-16(20(19-14)9-15(22)23)12-8-13(21)10-4-2-3-5-11(10)17-12/h2-5,8H,6-7,9H2,1H3,(H,17,21)(H,22,23). The fourth-order valence-corrected chi connectivity index (χ4v) is 2.83. The second-order valence-corrected chi connectivity index (χ2v) is 6.22. The number of carboxylic acid groups (broad SMARTS) is 1. The Kier molecular flexibility index (Phi) is 4.66. The highest BCUT2D eigenvalue weighted by molar-refractivity contribution is 7.98. The zero-order valence-corrected chi connectivity index (χ0v) is 13.8. The zero-order chi connectivity index (χ0) is 17.1. The van der Waals surface area contributed by atoms with Crippen LogP contribution in [0.4, 0.5) is 0 Å². The van der Waals surface area contributed by atoms with E-state index in [9.17, 15) is 9.59 Å². The number of benzene rings is 1. The average molecular weight is 344 g/mol. The summed E-state index contributed by atoms with van der Waals surface area (Å²) in [5, 5.41) is 13.9. The molecule has 0 spiro atoms. The van der Waals surface area contributed by atoms with E-state index >= 15 is 0 Å². The van der Waals surface area contributed by atoms with Gasteiger partial charge in [0.1, 0.15) is 6.54 Å². The molecule has 3 rings (SSSR count). The van der Waals surface area contributed by atoms with Gasteiger partial charge in [-0.15, -0.1) is 0 Å². The van der Waals surface area contributed by atoms with Crippen molar-refractivity contribution in [1.29, 1.82) is 0 Å². The Hall–Kier alpha value is -2.61. The molecule has 0 bridgehead atoms. The van der Waals surface area contributed by atoms with Crippen molar-refractivity contribution < 1.29 is 9.90 Å². The summed E-state index contributed by atoms with van der Waals surface area (Å²) in [5.74, 6) is 0.747. The van der Waals surface area contributed by atoms with Crippen LogP contribution >= 0.6 is 11.8 Å². The summed E-state index contributed by atoms with van der Waals surface area (Å²) in [5.41, 5.74) is 0.994. The third-order valence-electron chi connectivity index (χ3n) is 3.51. The van der Waals surface area contributed by atoms with Gasteiger partial charge in [-0.2, -0.15) is 16.9 Å². The third kappa shape index (κ3) is 3.33. The van der Waals surface area contributed by atoms with Crippen LogP contribution < -0.4 is 5.43 Å². The average Bonchev–Trinajstić information content (AvgIpc) is 2.95. The smallest absolute Gasteiger partial charge is 0.325 e. The Morgan fingerprint density at radius 1 is 1.38 bits per heavy atom. The van der Waals surface area contributed by atoms with Gasteiger partial charge in [0.25, 0.3) is 0 Å². The lowest BCUT2D eigenvalue weighted by molar-refractivity contribution is -0.137. The van der Waals surface area contributed by atoms with Crippen molar-refractivity contribution in [2.24, 2.45) is 0 Å². The minimum Gasteiger partial charge on any atom is -0.480 e. The van der Waals surface area contributed by atoms with Gasteiger partial charge in [0, 0.05) is 29.1 Å². The van der Waals surface area contributed by atoms with Crippen LogP contribution in [0, 0.1) is 0 Å². The molecule has 2 N–H and O–H groups in total. The fraction of sp³-hybridized carbons (Fsp3) is 0.250. The van der Waals surface area contributed by atoms with E-state index in [1.54, 1.807) is 30.0 Å². The molecule has 0 aliphatic carbocycles. The summed E-state index contributed by atoms with van der Waals surface area (Å²) in [6.07, 6.45) is 2.62. The highest BCUT2D eigenvalue weighted by Crippen LogP contribution is 2.17. The number of carboxylic acids is 1. The molecule has 124 valence electrons. The number of aromatic amines is 1. The van der Waals surface area contributed by atoms with Crippen molar-refractivity contribution in [3.05, 3.63) is 46.4 Å². The Morgan fingerprint density at radius 3 is 2.92 bits per heavy atom. The number of hydrogen-bond acceptors (Lipinski definition) is 5. The van der Waals surface area contributed by atoms with E-state index in [0.717, 1.165) is 5.75 Å². The predicted molar refractivity (Wildman–Crippen MR) is 93.3 cm³/mol. The first kappa shape index (κ1) is 16.3. The van der Waals surface area contributed by atoms with Gasteiger partial charge in [-0.3, -0.25) is 9.59 Å². The molecule has 2 heterocycles. The van der Waals surface area contributed by atoms with Crippen molar-refractivity contribution in [3.63, 3.8) is 0 Å². The molecule has 0 radical (unpaired) electrons. The molecular formula is C16H16N4O3S. The molecule has 1 aromatic carbocycles. The van der Waals surface area contributed by atoms with E-state index in [2.05, 4.69) is 15.1 Å². The third-order valence-corrected chi connectivity index (χ3v) is 4.12. The van der Waals surface area contributed by atoms with Gasteiger partial charge < -0.3 is 10.1 Å². The van der Waals surface area contributed by atoms with Crippen molar-refractivity contribution in [2.45, 2.75) is 13.0 Å². The van der Waals surface area contributed by atoms with E-state index in [1.807, 2.05) is 12.3 Å². The molecule has 0 amide bonds. The van der Waals surface area contributed by atoms with E-state index < -0.39 is 5.97 Å². The Labute approximate surface area is 141 Å². The summed E-state index contributed by atoms with van der Waals surface area (Å²) in [4.78, 5) is 30.9.